The van der Waals surface area contributed by atoms with E-state index in [1.807, 2.05) is 11.3 Å². The minimum Gasteiger partial charge on any atom is -0.144 e. The van der Waals surface area contributed by atoms with Crippen molar-refractivity contribution in [3.63, 3.8) is 0 Å². The molecule has 92 valence electrons. The minimum atomic E-state index is 1.11. The summed E-state index contributed by atoms with van der Waals surface area (Å²) in [5, 5.41) is 2.24. The number of rotatable bonds is 4. The standard InChI is InChI=1S/C17H18S/c1-2-3-6-13-9-10-18-17(13)16-11-14-7-4-5-8-15(14)12-16/h4-5,7-11H,2-3,6,12H2,1H3. The van der Waals surface area contributed by atoms with Gasteiger partial charge in [0, 0.05) is 4.88 Å². The number of unbranched alkanes of at least 4 members (excludes halogenated alkanes) is 1. The molecule has 3 rings (SSSR count). The van der Waals surface area contributed by atoms with E-state index in [1.54, 1.807) is 5.56 Å². The predicted molar refractivity (Wildman–Crippen MR) is 80.9 cm³/mol. The van der Waals surface area contributed by atoms with Crippen molar-refractivity contribution in [2.75, 3.05) is 0 Å². The Morgan fingerprint density at radius 2 is 2.06 bits per heavy atom. The van der Waals surface area contributed by atoms with Gasteiger partial charge in [-0.05, 0) is 59.0 Å². The van der Waals surface area contributed by atoms with Crippen LogP contribution in [-0.2, 0) is 12.8 Å². The van der Waals surface area contributed by atoms with Gasteiger partial charge in [-0.3, -0.25) is 0 Å². The van der Waals surface area contributed by atoms with Crippen LogP contribution in [0, 0.1) is 0 Å². The molecular formula is C17H18S. The fraction of sp³-hybridized carbons (Fsp3) is 0.294. The Labute approximate surface area is 113 Å². The Bertz CT molecular complexity index is 575. The molecule has 1 aliphatic carbocycles. The summed E-state index contributed by atoms with van der Waals surface area (Å²) in [4.78, 5) is 1.51. The molecule has 0 fully saturated rings. The van der Waals surface area contributed by atoms with Gasteiger partial charge in [0.25, 0.3) is 0 Å². The van der Waals surface area contributed by atoms with Crippen LogP contribution in [0.4, 0.5) is 0 Å². The molecule has 0 N–H and O–H groups in total. The van der Waals surface area contributed by atoms with Gasteiger partial charge < -0.3 is 0 Å². The second-order valence-electron chi connectivity index (χ2n) is 4.92. The molecule has 1 aromatic heterocycles. The summed E-state index contributed by atoms with van der Waals surface area (Å²) < 4.78 is 0. The van der Waals surface area contributed by atoms with E-state index in [4.69, 9.17) is 0 Å². The fourth-order valence-corrected chi connectivity index (χ4v) is 3.58. The van der Waals surface area contributed by atoms with Crippen LogP contribution in [0.3, 0.4) is 0 Å². The largest absolute Gasteiger partial charge is 0.144 e. The van der Waals surface area contributed by atoms with E-state index >= 15 is 0 Å². The maximum Gasteiger partial charge on any atom is 0.0337 e. The Kier molecular flexibility index (Phi) is 3.33. The quantitative estimate of drug-likeness (QED) is 0.704. The van der Waals surface area contributed by atoms with Crippen molar-refractivity contribution in [3.8, 4) is 0 Å². The highest BCUT2D eigenvalue weighted by Gasteiger charge is 2.16. The van der Waals surface area contributed by atoms with E-state index in [2.05, 4.69) is 48.7 Å². The summed E-state index contributed by atoms with van der Waals surface area (Å²) in [5.41, 5.74) is 5.93. The van der Waals surface area contributed by atoms with E-state index in [0.717, 1.165) is 6.42 Å². The van der Waals surface area contributed by atoms with E-state index in [0.29, 0.717) is 0 Å². The molecule has 0 spiro atoms. The summed E-state index contributed by atoms with van der Waals surface area (Å²) in [6.45, 7) is 2.26. The first-order chi connectivity index (χ1) is 8.88. The second kappa shape index (κ2) is 5.11. The van der Waals surface area contributed by atoms with Crippen LogP contribution in [-0.4, -0.2) is 0 Å². The van der Waals surface area contributed by atoms with Crippen molar-refractivity contribution >= 4 is 23.0 Å². The van der Waals surface area contributed by atoms with Crippen LogP contribution in [0.2, 0.25) is 0 Å². The van der Waals surface area contributed by atoms with Crippen molar-refractivity contribution in [2.24, 2.45) is 0 Å². The molecule has 0 saturated heterocycles. The molecule has 0 aliphatic heterocycles. The molecule has 0 nitrogen and oxygen atoms in total. The van der Waals surface area contributed by atoms with Crippen molar-refractivity contribution in [1.82, 2.24) is 0 Å². The van der Waals surface area contributed by atoms with Gasteiger partial charge in [0.15, 0.2) is 0 Å². The summed E-state index contributed by atoms with van der Waals surface area (Å²) in [5.74, 6) is 0. The monoisotopic (exact) mass is 254 g/mol. The fourth-order valence-electron chi connectivity index (χ4n) is 2.61. The number of fused-ring (bicyclic) bond motifs is 1. The van der Waals surface area contributed by atoms with Crippen LogP contribution >= 0.6 is 11.3 Å². The van der Waals surface area contributed by atoms with Crippen LogP contribution < -0.4 is 0 Å². The number of allylic oxidation sites excluding steroid dienone is 1. The second-order valence-corrected chi connectivity index (χ2v) is 5.84. The number of thiophene rings is 1. The maximum absolute atomic E-state index is 2.37. The third kappa shape index (κ3) is 2.15. The topological polar surface area (TPSA) is 0 Å². The van der Waals surface area contributed by atoms with E-state index in [-0.39, 0.29) is 0 Å². The van der Waals surface area contributed by atoms with Crippen LogP contribution in [0.5, 0.6) is 0 Å². The minimum absolute atomic E-state index is 1.11. The first kappa shape index (κ1) is 11.7. The molecule has 1 heterocycles. The third-order valence-electron chi connectivity index (χ3n) is 3.60. The van der Waals surface area contributed by atoms with Gasteiger partial charge in [-0.1, -0.05) is 37.6 Å². The number of hydrogen-bond donors (Lipinski definition) is 0. The number of benzene rings is 1. The molecule has 0 saturated carbocycles. The van der Waals surface area contributed by atoms with Crippen molar-refractivity contribution in [3.05, 3.63) is 57.3 Å². The highest BCUT2D eigenvalue weighted by Crippen LogP contribution is 2.36. The molecule has 18 heavy (non-hydrogen) atoms. The normalized spacial score (nSPS) is 13.5. The van der Waals surface area contributed by atoms with Gasteiger partial charge in [0.1, 0.15) is 0 Å². The molecule has 0 amide bonds. The van der Waals surface area contributed by atoms with Crippen LogP contribution in [0.15, 0.2) is 35.7 Å². The Morgan fingerprint density at radius 3 is 2.89 bits per heavy atom. The first-order valence-electron chi connectivity index (χ1n) is 6.73. The van der Waals surface area contributed by atoms with Gasteiger partial charge in [-0.15, -0.1) is 11.3 Å². The molecule has 2 aromatic rings. The zero-order valence-corrected chi connectivity index (χ0v) is 11.6. The SMILES string of the molecule is CCCCc1ccsc1C1=Cc2ccccc2C1. The Morgan fingerprint density at radius 1 is 1.17 bits per heavy atom. The average Bonchev–Trinajstić information content (AvgIpc) is 3.01. The summed E-state index contributed by atoms with van der Waals surface area (Å²) >= 11 is 1.90. The zero-order chi connectivity index (χ0) is 12.4. The molecule has 0 radical (unpaired) electrons. The average molecular weight is 254 g/mol. The molecule has 1 heteroatoms. The summed E-state index contributed by atoms with van der Waals surface area (Å²) in [7, 11) is 0. The Hall–Kier alpha value is -1.34. The number of hydrogen-bond acceptors (Lipinski definition) is 1. The van der Waals surface area contributed by atoms with Gasteiger partial charge in [-0.2, -0.15) is 0 Å². The maximum atomic E-state index is 2.37. The lowest BCUT2D eigenvalue weighted by Crippen LogP contribution is -1.89. The zero-order valence-electron chi connectivity index (χ0n) is 10.8. The Balaban J connectivity index is 1.88. The molecule has 1 aromatic carbocycles. The lowest BCUT2D eigenvalue weighted by Gasteiger charge is -2.04. The highest BCUT2D eigenvalue weighted by molar-refractivity contribution is 7.11. The number of aryl methyl sites for hydroxylation is 1. The molecule has 0 atom stereocenters. The van der Waals surface area contributed by atoms with Gasteiger partial charge in [0.2, 0.25) is 0 Å². The molecule has 0 unspecified atom stereocenters. The van der Waals surface area contributed by atoms with E-state index < -0.39 is 0 Å². The lowest BCUT2D eigenvalue weighted by atomic mass is 10.0. The third-order valence-corrected chi connectivity index (χ3v) is 4.64. The van der Waals surface area contributed by atoms with Crippen molar-refractivity contribution < 1.29 is 0 Å². The van der Waals surface area contributed by atoms with Crippen LogP contribution in [0.1, 0.15) is 41.3 Å². The summed E-state index contributed by atoms with van der Waals surface area (Å²) in [6, 6.07) is 11.0. The van der Waals surface area contributed by atoms with Crippen molar-refractivity contribution in [2.45, 2.75) is 32.6 Å². The smallest absolute Gasteiger partial charge is 0.0337 e. The lowest BCUT2D eigenvalue weighted by molar-refractivity contribution is 0.796. The van der Waals surface area contributed by atoms with Crippen molar-refractivity contribution in [1.29, 1.82) is 0 Å². The van der Waals surface area contributed by atoms with Crippen LogP contribution in [0.25, 0.3) is 11.6 Å². The van der Waals surface area contributed by atoms with Gasteiger partial charge in [-0.25, -0.2) is 0 Å². The van der Waals surface area contributed by atoms with E-state index in [9.17, 15) is 0 Å². The molecule has 1 aliphatic rings. The summed E-state index contributed by atoms with van der Waals surface area (Å²) in [6.07, 6.45) is 7.27. The molecule has 0 bridgehead atoms. The highest BCUT2D eigenvalue weighted by atomic mass is 32.1. The first-order valence-corrected chi connectivity index (χ1v) is 7.61. The van der Waals surface area contributed by atoms with E-state index in [1.165, 1.54) is 40.8 Å². The predicted octanol–water partition coefficient (Wildman–Crippen LogP) is 5.19. The van der Waals surface area contributed by atoms with Gasteiger partial charge >= 0.3 is 0 Å². The van der Waals surface area contributed by atoms with Gasteiger partial charge in [0.05, 0.1) is 0 Å². The molecular weight excluding hydrogens is 236 g/mol.